The molecule has 0 aromatic rings. The highest BCUT2D eigenvalue weighted by Crippen LogP contribution is 2.49. The first-order valence-electron chi connectivity index (χ1n) is 5.67. The molecule has 1 aliphatic carbocycles. The monoisotopic (exact) mass is 233 g/mol. The van der Waals surface area contributed by atoms with Gasteiger partial charge in [0.15, 0.2) is 0 Å². The molecule has 0 spiro atoms. The summed E-state index contributed by atoms with van der Waals surface area (Å²) in [4.78, 5) is 0. The number of nitrogens with zero attached hydrogens (tertiary/aromatic N) is 1. The fraction of sp³-hybridized carbons (Fsp3) is 1.00. The number of hydrogen-bond acceptors (Lipinski definition) is 3. The van der Waals surface area contributed by atoms with Crippen molar-refractivity contribution in [3.8, 4) is 0 Å². The summed E-state index contributed by atoms with van der Waals surface area (Å²) >= 11 is 0. The summed E-state index contributed by atoms with van der Waals surface area (Å²) in [7, 11) is -2.98. The Morgan fingerprint density at radius 3 is 2.53 bits per heavy atom. The van der Waals surface area contributed by atoms with Crippen LogP contribution in [0.2, 0.25) is 0 Å². The van der Waals surface area contributed by atoms with Gasteiger partial charge >= 0.3 is 0 Å². The van der Waals surface area contributed by atoms with Crippen LogP contribution >= 0.6 is 0 Å². The molecule has 0 aromatic heterocycles. The third-order valence-electron chi connectivity index (χ3n) is 3.56. The van der Waals surface area contributed by atoms with E-state index in [1.165, 1.54) is 0 Å². The van der Waals surface area contributed by atoms with Crippen molar-refractivity contribution in [3.05, 3.63) is 0 Å². The van der Waals surface area contributed by atoms with Crippen LogP contribution in [-0.2, 0) is 10.0 Å². The van der Waals surface area contributed by atoms with Crippen LogP contribution in [0.25, 0.3) is 0 Å². The van der Waals surface area contributed by atoms with Gasteiger partial charge in [-0.05, 0) is 37.5 Å². The third-order valence-corrected chi connectivity index (χ3v) is 5.47. The van der Waals surface area contributed by atoms with Crippen LogP contribution in [0.5, 0.6) is 0 Å². The molecule has 0 bridgehead atoms. The minimum atomic E-state index is -2.98. The van der Waals surface area contributed by atoms with Gasteiger partial charge in [-0.3, -0.25) is 0 Å². The van der Waals surface area contributed by atoms with Gasteiger partial charge < -0.3 is 5.11 Å². The van der Waals surface area contributed by atoms with Gasteiger partial charge in [-0.15, -0.1) is 0 Å². The van der Waals surface area contributed by atoms with Crippen molar-refractivity contribution in [1.82, 2.24) is 4.31 Å². The smallest absolute Gasteiger partial charge is 0.214 e. The van der Waals surface area contributed by atoms with Crippen molar-refractivity contribution in [2.45, 2.75) is 32.1 Å². The summed E-state index contributed by atoms with van der Waals surface area (Å²) in [6, 6.07) is 0. The largest absolute Gasteiger partial charge is 0.396 e. The topological polar surface area (TPSA) is 57.6 Å². The molecular formula is C10H19NO3S. The molecule has 4 nitrogen and oxygen atoms in total. The molecule has 15 heavy (non-hydrogen) atoms. The standard InChI is InChI=1S/C10H19NO3S/c12-7-5-10(3-4-10)9-11-6-1-2-8-15(11,13)14/h12H,1-9H2. The summed E-state index contributed by atoms with van der Waals surface area (Å²) in [5.74, 6) is 0.308. The van der Waals surface area contributed by atoms with E-state index < -0.39 is 10.0 Å². The first-order valence-corrected chi connectivity index (χ1v) is 7.28. The molecule has 2 rings (SSSR count). The second kappa shape index (κ2) is 4.03. The second-order valence-corrected chi connectivity index (χ2v) is 6.92. The lowest BCUT2D eigenvalue weighted by molar-refractivity contribution is 0.222. The quantitative estimate of drug-likeness (QED) is 0.772. The van der Waals surface area contributed by atoms with E-state index in [0.717, 1.165) is 32.1 Å². The van der Waals surface area contributed by atoms with E-state index >= 15 is 0 Å². The number of rotatable bonds is 4. The highest BCUT2D eigenvalue weighted by Gasteiger charge is 2.45. The van der Waals surface area contributed by atoms with Crippen LogP contribution in [0.15, 0.2) is 0 Å². The van der Waals surface area contributed by atoms with Crippen molar-refractivity contribution in [2.24, 2.45) is 5.41 Å². The lowest BCUT2D eigenvalue weighted by Crippen LogP contribution is -2.41. The normalized spacial score (nSPS) is 28.9. The summed E-state index contributed by atoms with van der Waals surface area (Å²) < 4.78 is 25.1. The molecule has 88 valence electrons. The molecule has 5 heteroatoms. The van der Waals surface area contributed by atoms with Gasteiger partial charge in [0.25, 0.3) is 0 Å². The van der Waals surface area contributed by atoms with Crippen molar-refractivity contribution in [1.29, 1.82) is 0 Å². The molecule has 1 N–H and O–H groups in total. The van der Waals surface area contributed by atoms with E-state index in [-0.39, 0.29) is 12.0 Å². The molecule has 1 saturated carbocycles. The minimum absolute atomic E-state index is 0.110. The number of sulfonamides is 1. The molecule has 1 aliphatic heterocycles. The van der Waals surface area contributed by atoms with Crippen LogP contribution < -0.4 is 0 Å². The van der Waals surface area contributed by atoms with E-state index in [1.807, 2.05) is 0 Å². The van der Waals surface area contributed by atoms with Crippen LogP contribution in [0.1, 0.15) is 32.1 Å². The van der Waals surface area contributed by atoms with Crippen LogP contribution in [-0.4, -0.2) is 43.3 Å². The van der Waals surface area contributed by atoms with Gasteiger partial charge in [-0.25, -0.2) is 12.7 Å². The zero-order valence-electron chi connectivity index (χ0n) is 8.98. The van der Waals surface area contributed by atoms with Crippen LogP contribution in [0.4, 0.5) is 0 Å². The zero-order chi connectivity index (χ0) is 10.9. The fourth-order valence-electron chi connectivity index (χ4n) is 2.29. The summed E-state index contributed by atoms with van der Waals surface area (Å²) in [6.07, 6.45) is 4.67. The van der Waals surface area contributed by atoms with Gasteiger partial charge in [0.1, 0.15) is 0 Å². The Morgan fingerprint density at radius 2 is 2.00 bits per heavy atom. The molecule has 0 unspecified atom stereocenters. The lowest BCUT2D eigenvalue weighted by atomic mass is 10.0. The Hall–Kier alpha value is -0.130. The predicted molar refractivity (Wildman–Crippen MR) is 58.0 cm³/mol. The predicted octanol–water partition coefficient (Wildman–Crippen LogP) is 0.575. The Bertz CT molecular complexity index is 322. The Morgan fingerprint density at radius 1 is 1.27 bits per heavy atom. The number of hydrogen-bond donors (Lipinski definition) is 1. The number of aliphatic hydroxyl groups excluding tert-OH is 1. The summed E-state index contributed by atoms with van der Waals surface area (Å²) in [6.45, 7) is 1.49. The fourth-order valence-corrected chi connectivity index (χ4v) is 4.00. The van der Waals surface area contributed by atoms with Gasteiger partial charge in [0.05, 0.1) is 5.75 Å². The third kappa shape index (κ3) is 2.52. The van der Waals surface area contributed by atoms with Crippen LogP contribution in [0, 0.1) is 5.41 Å². The average Bonchev–Trinajstić information content (AvgIpc) is 2.90. The van der Waals surface area contributed by atoms with Crippen molar-refractivity contribution in [3.63, 3.8) is 0 Å². The molecule has 2 aliphatic rings. The maximum absolute atomic E-state index is 11.8. The number of aliphatic hydroxyl groups is 1. The molecule has 2 fully saturated rings. The van der Waals surface area contributed by atoms with Crippen molar-refractivity contribution in [2.75, 3.05) is 25.4 Å². The van der Waals surface area contributed by atoms with E-state index in [0.29, 0.717) is 18.8 Å². The maximum Gasteiger partial charge on any atom is 0.214 e. The highest BCUT2D eigenvalue weighted by atomic mass is 32.2. The molecule has 0 amide bonds. The molecular weight excluding hydrogens is 214 g/mol. The van der Waals surface area contributed by atoms with Gasteiger partial charge in [-0.2, -0.15) is 0 Å². The van der Waals surface area contributed by atoms with Gasteiger partial charge in [0, 0.05) is 19.7 Å². The van der Waals surface area contributed by atoms with Gasteiger partial charge in [-0.1, -0.05) is 0 Å². The first-order chi connectivity index (χ1) is 7.08. The molecule has 0 aromatic carbocycles. The zero-order valence-corrected chi connectivity index (χ0v) is 9.80. The van der Waals surface area contributed by atoms with E-state index in [1.54, 1.807) is 4.31 Å². The molecule has 0 radical (unpaired) electrons. The molecule has 1 saturated heterocycles. The van der Waals surface area contributed by atoms with Crippen molar-refractivity contribution < 1.29 is 13.5 Å². The average molecular weight is 233 g/mol. The Labute approximate surface area is 91.3 Å². The maximum atomic E-state index is 11.8. The van der Waals surface area contributed by atoms with E-state index in [2.05, 4.69) is 0 Å². The van der Waals surface area contributed by atoms with E-state index in [4.69, 9.17) is 5.11 Å². The van der Waals surface area contributed by atoms with Crippen LogP contribution in [0.3, 0.4) is 0 Å². The van der Waals surface area contributed by atoms with E-state index in [9.17, 15) is 8.42 Å². The summed E-state index contributed by atoms with van der Waals surface area (Å²) in [5, 5.41) is 8.93. The highest BCUT2D eigenvalue weighted by molar-refractivity contribution is 7.89. The Balaban J connectivity index is 1.99. The SMILES string of the molecule is O=S1(=O)CCCCN1CC1(CCO)CC1. The Kier molecular flexibility index (Phi) is 3.05. The minimum Gasteiger partial charge on any atom is -0.396 e. The summed E-state index contributed by atoms with van der Waals surface area (Å²) in [5.41, 5.74) is 0.110. The van der Waals surface area contributed by atoms with Gasteiger partial charge in [0.2, 0.25) is 10.0 Å². The lowest BCUT2D eigenvalue weighted by Gasteiger charge is -2.29. The second-order valence-electron chi connectivity index (χ2n) is 4.83. The molecule has 0 atom stereocenters. The first kappa shape index (κ1) is 11.4. The molecule has 1 heterocycles. The van der Waals surface area contributed by atoms with Crippen molar-refractivity contribution >= 4 is 10.0 Å².